The van der Waals surface area contributed by atoms with Gasteiger partial charge in [0.2, 0.25) is 0 Å². The Morgan fingerprint density at radius 2 is 1.78 bits per heavy atom. The maximum atomic E-state index is 14.2. The summed E-state index contributed by atoms with van der Waals surface area (Å²) in [4.78, 5) is 23.3. The molecule has 0 saturated carbocycles. The molecule has 0 N–H and O–H groups in total. The normalized spacial score (nSPS) is 10.3. The number of Topliss-reactive ketones (excluding diaryl/α,β-unsaturated/α-hetero) is 1. The van der Waals surface area contributed by atoms with Crippen LogP contribution in [0.1, 0.15) is 36.5 Å². The average molecular weight is 314 g/mol. The highest BCUT2D eigenvalue weighted by Gasteiger charge is 2.12. The number of hydrogen-bond acceptors (Lipinski definition) is 3. The zero-order valence-corrected chi connectivity index (χ0v) is 13.0. The Bertz CT molecular complexity index is 680. The molecular formula is C19H19FO3. The molecule has 0 aliphatic rings. The van der Waals surface area contributed by atoms with Crippen LogP contribution in [-0.2, 0) is 9.53 Å². The number of rotatable bonds is 7. The molecule has 0 fully saturated rings. The highest BCUT2D eigenvalue weighted by molar-refractivity contribution is 5.96. The summed E-state index contributed by atoms with van der Waals surface area (Å²) in [6.07, 6.45) is 0.798. The fourth-order valence-corrected chi connectivity index (χ4v) is 2.31. The Balaban J connectivity index is 2.00. The van der Waals surface area contributed by atoms with Gasteiger partial charge in [-0.3, -0.25) is 9.59 Å². The molecule has 0 atom stereocenters. The standard InChI is InChI=1S/C19H19FO3/c1-2-23-19(22)10-6-9-18(21)15-11-12-16(17(20)13-15)14-7-4-3-5-8-14/h3-5,7-8,11-13H,2,6,9-10H2,1H3. The summed E-state index contributed by atoms with van der Waals surface area (Å²) < 4.78 is 19.0. The molecule has 0 radical (unpaired) electrons. The van der Waals surface area contributed by atoms with E-state index in [1.807, 2.05) is 30.3 Å². The van der Waals surface area contributed by atoms with Crippen LogP contribution in [0.4, 0.5) is 4.39 Å². The molecule has 0 bridgehead atoms. The van der Waals surface area contributed by atoms with Gasteiger partial charge in [-0.05, 0) is 25.0 Å². The van der Waals surface area contributed by atoms with Crippen molar-refractivity contribution in [2.24, 2.45) is 0 Å². The van der Waals surface area contributed by atoms with Crippen molar-refractivity contribution in [2.75, 3.05) is 6.61 Å². The third-order valence-electron chi connectivity index (χ3n) is 3.47. The number of esters is 1. The minimum atomic E-state index is -0.424. The van der Waals surface area contributed by atoms with E-state index < -0.39 is 5.82 Å². The van der Waals surface area contributed by atoms with Gasteiger partial charge in [0.25, 0.3) is 0 Å². The number of halogens is 1. The van der Waals surface area contributed by atoms with Crippen molar-refractivity contribution in [2.45, 2.75) is 26.2 Å². The second kappa shape index (κ2) is 8.22. The third-order valence-corrected chi connectivity index (χ3v) is 3.47. The van der Waals surface area contributed by atoms with E-state index in [9.17, 15) is 14.0 Å². The lowest BCUT2D eigenvalue weighted by Crippen LogP contribution is -2.06. The van der Waals surface area contributed by atoms with Gasteiger partial charge in [0, 0.05) is 24.0 Å². The Hall–Kier alpha value is -2.49. The summed E-state index contributed by atoms with van der Waals surface area (Å²) >= 11 is 0. The van der Waals surface area contributed by atoms with Crippen LogP contribution in [0.25, 0.3) is 11.1 Å². The fraction of sp³-hybridized carbons (Fsp3) is 0.263. The van der Waals surface area contributed by atoms with Crippen LogP contribution >= 0.6 is 0 Å². The number of carbonyl (C=O) groups is 2. The van der Waals surface area contributed by atoms with Crippen LogP contribution in [-0.4, -0.2) is 18.4 Å². The average Bonchev–Trinajstić information content (AvgIpc) is 2.55. The van der Waals surface area contributed by atoms with Gasteiger partial charge in [-0.1, -0.05) is 42.5 Å². The van der Waals surface area contributed by atoms with Crippen molar-refractivity contribution in [1.29, 1.82) is 0 Å². The van der Waals surface area contributed by atoms with Crippen molar-refractivity contribution >= 4 is 11.8 Å². The first-order valence-corrected chi connectivity index (χ1v) is 7.65. The van der Waals surface area contributed by atoms with Crippen LogP contribution in [0.5, 0.6) is 0 Å². The largest absolute Gasteiger partial charge is 0.466 e. The minimum absolute atomic E-state index is 0.173. The van der Waals surface area contributed by atoms with Crippen molar-refractivity contribution < 1.29 is 18.7 Å². The van der Waals surface area contributed by atoms with Crippen molar-refractivity contribution in [3.8, 4) is 11.1 Å². The van der Waals surface area contributed by atoms with E-state index >= 15 is 0 Å². The van der Waals surface area contributed by atoms with Crippen LogP contribution in [0.15, 0.2) is 48.5 Å². The quantitative estimate of drug-likeness (QED) is 0.561. The lowest BCUT2D eigenvalue weighted by molar-refractivity contribution is -0.143. The number of hydrogen-bond donors (Lipinski definition) is 0. The van der Waals surface area contributed by atoms with E-state index in [1.165, 1.54) is 6.07 Å². The zero-order chi connectivity index (χ0) is 16.7. The number of ketones is 1. The van der Waals surface area contributed by atoms with Crippen molar-refractivity contribution in [1.82, 2.24) is 0 Å². The van der Waals surface area contributed by atoms with Crippen molar-refractivity contribution in [3.63, 3.8) is 0 Å². The highest BCUT2D eigenvalue weighted by atomic mass is 19.1. The molecule has 2 rings (SSSR count). The number of ether oxygens (including phenoxy) is 1. The van der Waals surface area contributed by atoms with Gasteiger partial charge in [0.15, 0.2) is 5.78 Å². The summed E-state index contributed by atoms with van der Waals surface area (Å²) in [6, 6.07) is 13.7. The Morgan fingerprint density at radius 3 is 2.43 bits per heavy atom. The molecule has 0 heterocycles. The van der Waals surface area contributed by atoms with Gasteiger partial charge < -0.3 is 4.74 Å². The number of carbonyl (C=O) groups excluding carboxylic acids is 2. The fourth-order valence-electron chi connectivity index (χ4n) is 2.31. The minimum Gasteiger partial charge on any atom is -0.466 e. The topological polar surface area (TPSA) is 43.4 Å². The van der Waals surface area contributed by atoms with Gasteiger partial charge in [-0.25, -0.2) is 4.39 Å². The van der Waals surface area contributed by atoms with Gasteiger partial charge in [-0.15, -0.1) is 0 Å². The lowest BCUT2D eigenvalue weighted by Gasteiger charge is -2.06. The molecule has 0 aliphatic carbocycles. The number of benzene rings is 2. The summed E-state index contributed by atoms with van der Waals surface area (Å²) in [7, 11) is 0. The van der Waals surface area contributed by atoms with E-state index in [2.05, 4.69) is 0 Å². The van der Waals surface area contributed by atoms with Gasteiger partial charge >= 0.3 is 5.97 Å². The van der Waals surface area contributed by atoms with Crippen LogP contribution in [0, 0.1) is 5.82 Å². The summed E-state index contributed by atoms with van der Waals surface area (Å²) in [5, 5.41) is 0. The van der Waals surface area contributed by atoms with Crippen LogP contribution < -0.4 is 0 Å². The van der Waals surface area contributed by atoms with E-state index in [4.69, 9.17) is 4.74 Å². The molecule has 120 valence electrons. The first-order chi connectivity index (χ1) is 11.1. The first kappa shape index (κ1) is 16.9. The van der Waals surface area contributed by atoms with E-state index in [1.54, 1.807) is 19.1 Å². The molecule has 4 heteroatoms. The summed E-state index contributed by atoms with van der Waals surface area (Å²) in [5.74, 6) is -0.911. The van der Waals surface area contributed by atoms with Crippen molar-refractivity contribution in [3.05, 3.63) is 59.9 Å². The highest BCUT2D eigenvalue weighted by Crippen LogP contribution is 2.24. The maximum absolute atomic E-state index is 14.2. The Labute approximate surface area is 135 Å². The molecule has 3 nitrogen and oxygen atoms in total. The summed E-state index contributed by atoms with van der Waals surface area (Å²) in [5.41, 5.74) is 1.56. The molecule has 0 saturated heterocycles. The molecule has 0 amide bonds. The second-order valence-electron chi connectivity index (χ2n) is 5.14. The van der Waals surface area contributed by atoms with Crippen LogP contribution in [0.2, 0.25) is 0 Å². The van der Waals surface area contributed by atoms with Gasteiger partial charge in [-0.2, -0.15) is 0 Å². The Morgan fingerprint density at radius 1 is 1.04 bits per heavy atom. The van der Waals surface area contributed by atoms with Gasteiger partial charge in [0.1, 0.15) is 5.82 Å². The lowest BCUT2D eigenvalue weighted by atomic mass is 10.00. The first-order valence-electron chi connectivity index (χ1n) is 7.65. The van der Waals surface area contributed by atoms with E-state index in [0.717, 1.165) is 5.56 Å². The summed E-state index contributed by atoms with van der Waals surface area (Å²) in [6.45, 7) is 2.07. The van der Waals surface area contributed by atoms with Gasteiger partial charge in [0.05, 0.1) is 6.61 Å². The molecule has 0 spiro atoms. The predicted molar refractivity (Wildman–Crippen MR) is 86.7 cm³/mol. The maximum Gasteiger partial charge on any atom is 0.305 e. The molecule has 2 aromatic rings. The molecule has 23 heavy (non-hydrogen) atoms. The smallest absolute Gasteiger partial charge is 0.305 e. The van der Waals surface area contributed by atoms with E-state index in [-0.39, 0.29) is 24.6 Å². The SMILES string of the molecule is CCOC(=O)CCCC(=O)c1ccc(-c2ccccc2)c(F)c1. The second-order valence-corrected chi connectivity index (χ2v) is 5.14. The third kappa shape index (κ3) is 4.74. The molecule has 0 aromatic heterocycles. The predicted octanol–water partition coefficient (Wildman–Crippen LogP) is 4.41. The monoisotopic (exact) mass is 314 g/mol. The molecule has 0 unspecified atom stereocenters. The van der Waals surface area contributed by atoms with Crippen LogP contribution in [0.3, 0.4) is 0 Å². The molecular weight excluding hydrogens is 295 g/mol. The zero-order valence-electron chi connectivity index (χ0n) is 13.0. The van der Waals surface area contributed by atoms with E-state index in [0.29, 0.717) is 24.2 Å². The molecule has 0 aliphatic heterocycles. The molecule has 2 aromatic carbocycles. The Kier molecular flexibility index (Phi) is 6.03.